The van der Waals surface area contributed by atoms with E-state index < -0.39 is 5.76 Å². The van der Waals surface area contributed by atoms with Gasteiger partial charge < -0.3 is 13.9 Å². The van der Waals surface area contributed by atoms with Gasteiger partial charge in [-0.15, -0.1) is 0 Å². The van der Waals surface area contributed by atoms with Crippen molar-refractivity contribution < 1.29 is 18.7 Å². The molecule has 0 atom stereocenters. The lowest BCUT2D eigenvalue weighted by Crippen LogP contribution is -2.17. The van der Waals surface area contributed by atoms with Gasteiger partial charge in [-0.1, -0.05) is 24.3 Å². The van der Waals surface area contributed by atoms with Gasteiger partial charge in [0.2, 0.25) is 0 Å². The molecule has 3 rings (SSSR count). The highest BCUT2D eigenvalue weighted by atomic mass is 16.5. The normalized spacial score (nSPS) is 10.9. The molecular formula is C21H23NO5. The van der Waals surface area contributed by atoms with E-state index in [0.717, 1.165) is 22.4 Å². The second kappa shape index (κ2) is 8.58. The van der Waals surface area contributed by atoms with Gasteiger partial charge in [0.1, 0.15) is 5.75 Å². The molecule has 2 aromatic carbocycles. The Kier molecular flexibility index (Phi) is 5.96. The molecule has 0 unspecified atom stereocenters. The first kappa shape index (κ1) is 18.8. The summed E-state index contributed by atoms with van der Waals surface area (Å²) in [5.41, 5.74) is 3.45. The van der Waals surface area contributed by atoms with Gasteiger partial charge in [0.05, 0.1) is 25.2 Å². The molecule has 0 aliphatic carbocycles. The Morgan fingerprint density at radius 1 is 1.11 bits per heavy atom. The van der Waals surface area contributed by atoms with Crippen LogP contribution in [-0.2, 0) is 16.1 Å². The molecule has 27 heavy (non-hydrogen) atoms. The first-order valence-corrected chi connectivity index (χ1v) is 8.98. The molecule has 0 spiro atoms. The number of carbonyl (C=O) groups is 1. The predicted molar refractivity (Wildman–Crippen MR) is 102 cm³/mol. The number of hydrogen-bond acceptors (Lipinski definition) is 5. The first-order valence-electron chi connectivity index (χ1n) is 8.98. The van der Waals surface area contributed by atoms with E-state index in [1.165, 1.54) is 0 Å². The van der Waals surface area contributed by atoms with Gasteiger partial charge in [0, 0.05) is 6.54 Å². The number of aromatic nitrogens is 1. The van der Waals surface area contributed by atoms with Gasteiger partial charge in [-0.05, 0) is 49.6 Å². The lowest BCUT2D eigenvalue weighted by atomic mass is 10.1. The van der Waals surface area contributed by atoms with Crippen molar-refractivity contribution in [2.45, 2.75) is 33.2 Å². The van der Waals surface area contributed by atoms with Crippen LogP contribution < -0.4 is 10.5 Å². The van der Waals surface area contributed by atoms with E-state index >= 15 is 0 Å². The summed E-state index contributed by atoms with van der Waals surface area (Å²) < 4.78 is 17.6. The minimum atomic E-state index is -0.399. The number of rotatable bonds is 8. The van der Waals surface area contributed by atoms with Crippen LogP contribution in [0.1, 0.15) is 24.0 Å². The van der Waals surface area contributed by atoms with Gasteiger partial charge in [-0.25, -0.2) is 4.79 Å². The van der Waals surface area contributed by atoms with Crippen molar-refractivity contribution in [1.29, 1.82) is 0 Å². The minimum absolute atomic E-state index is 0.183. The molecule has 0 radical (unpaired) electrons. The number of esters is 1. The van der Waals surface area contributed by atoms with E-state index in [1.54, 1.807) is 10.6 Å². The number of fused-ring (bicyclic) bond motifs is 1. The number of carbonyl (C=O) groups excluding carboxylic acids is 1. The van der Waals surface area contributed by atoms with E-state index in [9.17, 15) is 9.59 Å². The molecular weight excluding hydrogens is 346 g/mol. The van der Waals surface area contributed by atoms with Crippen molar-refractivity contribution in [2.75, 3.05) is 13.2 Å². The molecule has 3 aromatic rings. The van der Waals surface area contributed by atoms with Crippen LogP contribution in [0.2, 0.25) is 0 Å². The predicted octanol–water partition coefficient (Wildman–Crippen LogP) is 3.61. The third-order valence-corrected chi connectivity index (χ3v) is 4.27. The van der Waals surface area contributed by atoms with E-state index in [1.807, 2.05) is 50.2 Å². The third kappa shape index (κ3) is 4.78. The number of nitrogens with zero attached hydrogens (tertiary/aromatic N) is 1. The van der Waals surface area contributed by atoms with E-state index in [0.29, 0.717) is 18.5 Å². The molecule has 0 fully saturated rings. The van der Waals surface area contributed by atoms with E-state index in [-0.39, 0.29) is 25.6 Å². The molecule has 0 aliphatic heterocycles. The highest BCUT2D eigenvalue weighted by Crippen LogP contribution is 2.19. The van der Waals surface area contributed by atoms with Crippen molar-refractivity contribution in [1.82, 2.24) is 4.57 Å². The Morgan fingerprint density at radius 3 is 2.78 bits per heavy atom. The third-order valence-electron chi connectivity index (χ3n) is 4.27. The Morgan fingerprint density at radius 2 is 1.93 bits per heavy atom. The van der Waals surface area contributed by atoms with Gasteiger partial charge >= 0.3 is 11.7 Å². The average molecular weight is 369 g/mol. The molecule has 6 heteroatoms. The summed E-state index contributed by atoms with van der Waals surface area (Å²) in [6, 6.07) is 13.2. The molecule has 142 valence electrons. The van der Waals surface area contributed by atoms with Crippen LogP contribution >= 0.6 is 0 Å². The fourth-order valence-corrected chi connectivity index (χ4v) is 2.81. The molecule has 0 N–H and O–H groups in total. The standard InChI is InChI=1S/C21H23NO5/c1-15-8-9-16(2)19(14-15)25-13-10-20(23)26-12-5-11-22-17-6-3-4-7-18(17)27-21(22)24/h3-4,6-9,14H,5,10-13H2,1-2H3. The Labute approximate surface area is 157 Å². The number of ether oxygens (including phenoxy) is 2. The molecule has 0 aliphatic rings. The molecule has 0 bridgehead atoms. The van der Waals surface area contributed by atoms with Crippen LogP contribution in [0.3, 0.4) is 0 Å². The fraction of sp³-hybridized carbons (Fsp3) is 0.333. The van der Waals surface area contributed by atoms with Gasteiger partial charge in [0.15, 0.2) is 5.58 Å². The topological polar surface area (TPSA) is 70.7 Å². The second-order valence-electron chi connectivity index (χ2n) is 6.43. The zero-order chi connectivity index (χ0) is 19.2. The van der Waals surface area contributed by atoms with Crippen LogP contribution in [-0.4, -0.2) is 23.8 Å². The highest BCUT2D eigenvalue weighted by molar-refractivity contribution is 5.72. The van der Waals surface area contributed by atoms with Crippen molar-refractivity contribution >= 4 is 17.1 Å². The minimum Gasteiger partial charge on any atom is -0.493 e. The Balaban J connectivity index is 1.40. The smallest absolute Gasteiger partial charge is 0.419 e. The maximum absolute atomic E-state index is 11.9. The van der Waals surface area contributed by atoms with Gasteiger partial charge in [0.25, 0.3) is 0 Å². The van der Waals surface area contributed by atoms with Gasteiger partial charge in [-0.3, -0.25) is 9.36 Å². The lowest BCUT2D eigenvalue weighted by molar-refractivity contribution is -0.144. The van der Waals surface area contributed by atoms with Crippen LogP contribution in [0, 0.1) is 13.8 Å². The zero-order valence-electron chi connectivity index (χ0n) is 15.6. The molecule has 1 heterocycles. The van der Waals surface area contributed by atoms with Crippen molar-refractivity contribution in [3.05, 3.63) is 64.1 Å². The van der Waals surface area contributed by atoms with Crippen molar-refractivity contribution in [3.63, 3.8) is 0 Å². The van der Waals surface area contributed by atoms with Crippen molar-refractivity contribution in [2.24, 2.45) is 0 Å². The molecule has 0 saturated carbocycles. The van der Waals surface area contributed by atoms with Crippen LogP contribution in [0.4, 0.5) is 0 Å². The fourth-order valence-electron chi connectivity index (χ4n) is 2.81. The number of para-hydroxylation sites is 2. The van der Waals surface area contributed by atoms with Gasteiger partial charge in [-0.2, -0.15) is 0 Å². The van der Waals surface area contributed by atoms with Crippen LogP contribution in [0.15, 0.2) is 51.7 Å². The largest absolute Gasteiger partial charge is 0.493 e. The Hall–Kier alpha value is -3.02. The summed E-state index contributed by atoms with van der Waals surface area (Å²) in [6.07, 6.45) is 0.717. The molecule has 6 nitrogen and oxygen atoms in total. The number of benzene rings is 2. The first-order chi connectivity index (χ1) is 13.0. The molecule has 1 aromatic heterocycles. The monoisotopic (exact) mass is 369 g/mol. The number of aryl methyl sites for hydroxylation is 3. The van der Waals surface area contributed by atoms with Crippen molar-refractivity contribution in [3.8, 4) is 5.75 Å². The number of oxazole rings is 1. The maximum atomic E-state index is 11.9. The summed E-state index contributed by atoms with van der Waals surface area (Å²) in [4.78, 5) is 23.7. The zero-order valence-corrected chi connectivity index (χ0v) is 15.6. The molecule has 0 saturated heterocycles. The summed E-state index contributed by atoms with van der Waals surface area (Å²) in [6.45, 7) is 4.91. The number of hydrogen-bond donors (Lipinski definition) is 0. The summed E-state index contributed by atoms with van der Waals surface area (Å²) in [5.74, 6) is 0.0724. The van der Waals surface area contributed by atoms with Crippen LogP contribution in [0.25, 0.3) is 11.1 Å². The lowest BCUT2D eigenvalue weighted by Gasteiger charge is -2.10. The van der Waals surface area contributed by atoms with E-state index in [2.05, 4.69) is 0 Å². The summed E-state index contributed by atoms with van der Waals surface area (Å²) in [5, 5.41) is 0. The Bertz CT molecular complexity index is 986. The molecule has 0 amide bonds. The second-order valence-corrected chi connectivity index (χ2v) is 6.43. The average Bonchev–Trinajstić information content (AvgIpc) is 2.97. The van der Waals surface area contributed by atoms with E-state index in [4.69, 9.17) is 13.9 Å². The summed E-state index contributed by atoms with van der Waals surface area (Å²) >= 11 is 0. The highest BCUT2D eigenvalue weighted by Gasteiger charge is 2.09. The summed E-state index contributed by atoms with van der Waals surface area (Å²) in [7, 11) is 0. The quantitative estimate of drug-likeness (QED) is 0.448. The SMILES string of the molecule is Cc1ccc(C)c(OCCC(=O)OCCCn2c(=O)oc3ccccc32)c1. The maximum Gasteiger partial charge on any atom is 0.419 e. The van der Waals surface area contributed by atoms with Crippen LogP contribution in [0.5, 0.6) is 5.75 Å².